The van der Waals surface area contributed by atoms with Crippen molar-refractivity contribution < 1.29 is 9.59 Å². The van der Waals surface area contributed by atoms with E-state index in [1.807, 2.05) is 81.4 Å². The van der Waals surface area contributed by atoms with Gasteiger partial charge in [-0.15, -0.1) is 0 Å². The van der Waals surface area contributed by atoms with Crippen LogP contribution < -0.4 is 10.7 Å². The Balaban J connectivity index is 1.58. The number of aromatic nitrogens is 1. The van der Waals surface area contributed by atoms with Crippen molar-refractivity contribution in [1.29, 1.82) is 0 Å². The summed E-state index contributed by atoms with van der Waals surface area (Å²) in [4.78, 5) is 30.1. The zero-order chi connectivity index (χ0) is 25.9. The Bertz CT molecular complexity index is 1460. The number of hydrogen-bond donors (Lipinski definition) is 2. The number of rotatable bonds is 5. The van der Waals surface area contributed by atoms with E-state index in [2.05, 4.69) is 15.8 Å². The van der Waals surface area contributed by atoms with E-state index < -0.39 is 5.41 Å². The minimum atomic E-state index is -0.484. The minimum Gasteiger partial charge on any atom is -0.326 e. The van der Waals surface area contributed by atoms with Crippen LogP contribution in [0.5, 0.6) is 0 Å². The molecule has 36 heavy (non-hydrogen) atoms. The van der Waals surface area contributed by atoms with Crippen molar-refractivity contribution >= 4 is 45.7 Å². The molecule has 2 amide bonds. The number of pyridine rings is 1. The molecule has 0 aliphatic carbocycles. The van der Waals surface area contributed by atoms with Crippen LogP contribution in [0.3, 0.4) is 0 Å². The van der Waals surface area contributed by atoms with Gasteiger partial charge in [0.25, 0.3) is 5.91 Å². The van der Waals surface area contributed by atoms with Gasteiger partial charge in [-0.3, -0.25) is 9.59 Å². The van der Waals surface area contributed by atoms with Crippen LogP contribution in [0.1, 0.15) is 43.6 Å². The fraction of sp³-hybridized carbons (Fsp3) is 0.172. The van der Waals surface area contributed by atoms with Gasteiger partial charge in [-0.25, -0.2) is 10.4 Å². The summed E-state index contributed by atoms with van der Waals surface area (Å²) in [5.74, 6) is -0.428. The number of fused-ring (bicyclic) bond motifs is 1. The molecule has 0 unspecified atom stereocenters. The summed E-state index contributed by atoms with van der Waals surface area (Å²) in [5, 5.41) is 8.32. The normalized spacial score (nSPS) is 11.9. The number of carbonyl (C=O) groups is 2. The highest BCUT2D eigenvalue weighted by Gasteiger charge is 2.21. The minimum absolute atomic E-state index is 0.0625. The number of nitrogens with zero attached hydrogens (tertiary/aromatic N) is 2. The molecule has 1 heterocycles. The molecule has 4 aromatic rings. The molecule has 6 nitrogen and oxygen atoms in total. The predicted octanol–water partition coefficient (Wildman–Crippen LogP) is 6.69. The topological polar surface area (TPSA) is 83.4 Å². The Morgan fingerprint density at radius 3 is 2.28 bits per heavy atom. The molecule has 0 fully saturated rings. The van der Waals surface area contributed by atoms with E-state index in [1.54, 1.807) is 25.1 Å². The highest BCUT2D eigenvalue weighted by Crippen LogP contribution is 2.29. The number of halogens is 1. The first-order chi connectivity index (χ1) is 17.1. The van der Waals surface area contributed by atoms with Gasteiger partial charge in [0.2, 0.25) is 5.91 Å². The fourth-order valence-corrected chi connectivity index (χ4v) is 3.75. The lowest BCUT2D eigenvalue weighted by Crippen LogP contribution is -2.27. The van der Waals surface area contributed by atoms with E-state index in [-0.39, 0.29) is 11.8 Å². The van der Waals surface area contributed by atoms with E-state index in [0.717, 1.165) is 11.1 Å². The summed E-state index contributed by atoms with van der Waals surface area (Å²) >= 11 is 6.42. The summed E-state index contributed by atoms with van der Waals surface area (Å²) in [6, 6.07) is 24.1. The van der Waals surface area contributed by atoms with Crippen molar-refractivity contribution in [3.05, 3.63) is 95.0 Å². The van der Waals surface area contributed by atoms with E-state index in [9.17, 15) is 9.59 Å². The molecule has 0 radical (unpaired) electrons. The molecule has 1 aromatic heterocycles. The highest BCUT2D eigenvalue weighted by atomic mass is 35.5. The zero-order valence-corrected chi connectivity index (χ0v) is 21.4. The first-order valence-corrected chi connectivity index (χ1v) is 11.9. The lowest BCUT2D eigenvalue weighted by molar-refractivity contribution is -0.123. The number of nitrogens with one attached hydrogen (secondary N) is 2. The smallest absolute Gasteiger partial charge is 0.272 e. The molecule has 0 saturated carbocycles. The van der Waals surface area contributed by atoms with Crippen molar-refractivity contribution in [2.45, 2.75) is 27.7 Å². The van der Waals surface area contributed by atoms with Crippen molar-refractivity contribution in [3.63, 3.8) is 0 Å². The van der Waals surface area contributed by atoms with E-state index in [4.69, 9.17) is 16.6 Å². The van der Waals surface area contributed by atoms with E-state index in [0.29, 0.717) is 38.6 Å². The number of hydrogen-bond acceptors (Lipinski definition) is 4. The maximum absolute atomic E-state index is 13.2. The summed E-state index contributed by atoms with van der Waals surface area (Å²) < 4.78 is 0. The third kappa shape index (κ3) is 5.61. The van der Waals surface area contributed by atoms with Gasteiger partial charge in [0.1, 0.15) is 0 Å². The second kappa shape index (κ2) is 10.3. The number of carbonyl (C=O) groups excluding carboxylic acids is 2. The molecule has 0 spiro atoms. The van der Waals surface area contributed by atoms with Crippen molar-refractivity contribution in [1.82, 2.24) is 10.4 Å². The maximum atomic E-state index is 13.2. The predicted molar refractivity (Wildman–Crippen MR) is 146 cm³/mol. The Morgan fingerprint density at radius 1 is 0.917 bits per heavy atom. The molecule has 0 aliphatic rings. The van der Waals surface area contributed by atoms with Gasteiger partial charge in [0, 0.05) is 22.1 Å². The molecule has 0 bridgehead atoms. The standard InChI is InChI=1S/C29H27ClN4O2/c1-18(19-13-15-21(16-14-19)31-28(36)29(2,3)4)33-34-27(35)23-17-25(20-9-6-5-7-10-20)32-26-22(23)11-8-12-24(26)30/h5-17H,1-4H3,(H,31,36)(H,34,35). The SMILES string of the molecule is CC(=NNC(=O)c1cc(-c2ccccc2)nc2c(Cl)cccc12)c1ccc(NC(=O)C(C)(C)C)cc1. The number of amides is 2. The second-order valence-corrected chi connectivity index (χ2v) is 9.88. The van der Waals surface area contributed by atoms with Gasteiger partial charge < -0.3 is 5.32 Å². The van der Waals surface area contributed by atoms with Gasteiger partial charge in [-0.1, -0.05) is 87.0 Å². The largest absolute Gasteiger partial charge is 0.326 e. The van der Waals surface area contributed by atoms with Gasteiger partial charge in [0.05, 0.1) is 27.5 Å². The molecular weight excluding hydrogens is 472 g/mol. The average molecular weight is 499 g/mol. The number of para-hydroxylation sites is 1. The van der Waals surface area contributed by atoms with Gasteiger partial charge in [-0.2, -0.15) is 5.10 Å². The molecule has 182 valence electrons. The van der Waals surface area contributed by atoms with Crippen molar-refractivity contribution in [2.24, 2.45) is 10.5 Å². The summed E-state index contributed by atoms with van der Waals surface area (Å²) in [6.07, 6.45) is 0. The lowest BCUT2D eigenvalue weighted by atomic mass is 9.95. The molecule has 0 saturated heterocycles. The average Bonchev–Trinajstić information content (AvgIpc) is 2.87. The zero-order valence-electron chi connectivity index (χ0n) is 20.6. The van der Waals surface area contributed by atoms with Gasteiger partial charge in [-0.05, 0) is 36.8 Å². The first-order valence-electron chi connectivity index (χ1n) is 11.5. The Hall–Kier alpha value is -4.03. The molecule has 0 aliphatic heterocycles. The summed E-state index contributed by atoms with van der Waals surface area (Å²) in [5.41, 5.74) is 6.83. The molecule has 4 rings (SSSR count). The van der Waals surface area contributed by atoms with Crippen LogP contribution >= 0.6 is 11.6 Å². The Labute approximate surface area is 215 Å². The van der Waals surface area contributed by atoms with Crippen LogP contribution in [0, 0.1) is 5.41 Å². The number of hydrazone groups is 1. The number of benzene rings is 3. The quantitative estimate of drug-likeness (QED) is 0.237. The Kier molecular flexibility index (Phi) is 7.17. The van der Waals surface area contributed by atoms with Crippen LogP contribution in [0.4, 0.5) is 5.69 Å². The van der Waals surface area contributed by atoms with Crippen LogP contribution in [0.2, 0.25) is 5.02 Å². The molecule has 3 aromatic carbocycles. The number of anilines is 1. The summed E-state index contributed by atoms with van der Waals surface area (Å²) in [7, 11) is 0. The fourth-order valence-electron chi connectivity index (χ4n) is 3.53. The third-order valence-corrected chi connectivity index (χ3v) is 5.98. The molecule has 7 heteroatoms. The second-order valence-electron chi connectivity index (χ2n) is 9.48. The van der Waals surface area contributed by atoms with Crippen molar-refractivity contribution in [3.8, 4) is 11.3 Å². The molecule has 0 atom stereocenters. The van der Waals surface area contributed by atoms with E-state index >= 15 is 0 Å². The molecular formula is C29H27ClN4O2. The van der Waals surface area contributed by atoms with Crippen LogP contribution in [-0.4, -0.2) is 22.5 Å². The molecule has 2 N–H and O–H groups in total. The maximum Gasteiger partial charge on any atom is 0.272 e. The monoisotopic (exact) mass is 498 g/mol. The lowest BCUT2D eigenvalue weighted by Gasteiger charge is -2.17. The van der Waals surface area contributed by atoms with Crippen LogP contribution in [-0.2, 0) is 4.79 Å². The highest BCUT2D eigenvalue weighted by molar-refractivity contribution is 6.35. The third-order valence-electron chi connectivity index (χ3n) is 5.67. The Morgan fingerprint density at radius 2 is 1.61 bits per heavy atom. The van der Waals surface area contributed by atoms with Gasteiger partial charge in [0.15, 0.2) is 0 Å². The summed E-state index contributed by atoms with van der Waals surface area (Å²) in [6.45, 7) is 7.39. The first kappa shape index (κ1) is 25.1. The van der Waals surface area contributed by atoms with Crippen LogP contribution in [0.15, 0.2) is 84.0 Å². The van der Waals surface area contributed by atoms with E-state index in [1.165, 1.54) is 0 Å². The van der Waals surface area contributed by atoms with Gasteiger partial charge >= 0.3 is 0 Å². The van der Waals surface area contributed by atoms with Crippen molar-refractivity contribution in [2.75, 3.05) is 5.32 Å². The van der Waals surface area contributed by atoms with Crippen LogP contribution in [0.25, 0.3) is 22.2 Å².